The number of H-pyrrole nitrogens is 1. The van der Waals surface area contributed by atoms with Crippen LogP contribution in [0.1, 0.15) is 17.3 Å². The summed E-state index contributed by atoms with van der Waals surface area (Å²) in [7, 11) is 0. The summed E-state index contributed by atoms with van der Waals surface area (Å²) in [6.07, 6.45) is 4.80. The summed E-state index contributed by atoms with van der Waals surface area (Å²) in [6, 6.07) is 1.60. The Morgan fingerprint density at radius 3 is 3.06 bits per heavy atom. The molecule has 0 radical (unpaired) electrons. The summed E-state index contributed by atoms with van der Waals surface area (Å²) >= 11 is 1.31. The lowest BCUT2D eigenvalue weighted by atomic mass is 10.2. The minimum atomic E-state index is -0.446. The van der Waals surface area contributed by atoms with Gasteiger partial charge in [0, 0.05) is 12.4 Å². The van der Waals surface area contributed by atoms with Gasteiger partial charge in [-0.25, -0.2) is 14.8 Å². The molecule has 0 saturated carbocycles. The number of ether oxygens (including phenoxy) is 1. The molecule has 2 aromatic rings. The molecule has 7 heteroatoms. The molecular weight excluding hydrogens is 252 g/mol. The van der Waals surface area contributed by atoms with E-state index in [1.807, 2.05) is 0 Å². The van der Waals surface area contributed by atoms with Crippen LogP contribution in [0.25, 0.3) is 0 Å². The molecule has 94 valence electrons. The van der Waals surface area contributed by atoms with Crippen molar-refractivity contribution in [2.24, 2.45) is 0 Å². The van der Waals surface area contributed by atoms with Gasteiger partial charge in [-0.3, -0.25) is 0 Å². The molecule has 0 atom stereocenters. The van der Waals surface area contributed by atoms with Crippen LogP contribution in [0.15, 0.2) is 34.8 Å². The van der Waals surface area contributed by atoms with Crippen LogP contribution in [0.5, 0.6) is 0 Å². The molecule has 18 heavy (non-hydrogen) atoms. The third kappa shape index (κ3) is 2.80. The number of pyridine rings is 1. The van der Waals surface area contributed by atoms with E-state index >= 15 is 0 Å². The average Bonchev–Trinajstić information content (AvgIpc) is 2.84. The van der Waals surface area contributed by atoms with Gasteiger partial charge in [0.25, 0.3) is 0 Å². The lowest BCUT2D eigenvalue weighted by Crippen LogP contribution is -2.08. The number of nitrogen functional groups attached to an aromatic ring is 1. The first-order valence-electron chi connectivity index (χ1n) is 5.30. The van der Waals surface area contributed by atoms with Crippen molar-refractivity contribution in [3.05, 3.63) is 30.2 Å². The number of rotatable bonds is 4. The summed E-state index contributed by atoms with van der Waals surface area (Å²) in [4.78, 5) is 22.8. The van der Waals surface area contributed by atoms with Gasteiger partial charge in [-0.2, -0.15) is 0 Å². The quantitative estimate of drug-likeness (QED) is 0.816. The highest BCUT2D eigenvalue weighted by Gasteiger charge is 2.13. The number of carbonyl (C=O) groups is 1. The Balaban J connectivity index is 2.23. The highest BCUT2D eigenvalue weighted by molar-refractivity contribution is 7.99. The zero-order valence-electron chi connectivity index (χ0n) is 9.71. The van der Waals surface area contributed by atoms with Gasteiger partial charge in [-0.05, 0) is 24.8 Å². The normalized spacial score (nSPS) is 10.3. The number of nitrogens with one attached hydrogen (secondary N) is 1. The van der Waals surface area contributed by atoms with Gasteiger partial charge >= 0.3 is 5.97 Å². The van der Waals surface area contributed by atoms with Crippen molar-refractivity contribution in [3.8, 4) is 0 Å². The molecule has 0 fully saturated rings. The predicted molar refractivity (Wildman–Crippen MR) is 67.3 cm³/mol. The third-order valence-corrected chi connectivity index (χ3v) is 2.93. The second-order valence-electron chi connectivity index (χ2n) is 3.33. The molecule has 0 aliphatic heterocycles. The first-order valence-corrected chi connectivity index (χ1v) is 6.12. The largest absolute Gasteiger partial charge is 0.462 e. The van der Waals surface area contributed by atoms with Crippen LogP contribution in [0.3, 0.4) is 0 Å². The minimum Gasteiger partial charge on any atom is -0.462 e. The fourth-order valence-electron chi connectivity index (χ4n) is 1.29. The molecule has 6 nitrogen and oxygen atoms in total. The number of anilines is 1. The molecule has 2 rings (SSSR count). The van der Waals surface area contributed by atoms with Crippen LogP contribution in [0.4, 0.5) is 5.69 Å². The first kappa shape index (κ1) is 12.4. The molecule has 0 aliphatic carbocycles. The van der Waals surface area contributed by atoms with Crippen molar-refractivity contribution in [2.75, 3.05) is 12.3 Å². The number of nitrogens with zero attached hydrogens (tertiary/aromatic N) is 2. The van der Waals surface area contributed by atoms with E-state index in [9.17, 15) is 4.79 Å². The lowest BCUT2D eigenvalue weighted by Gasteiger charge is -2.06. The molecule has 0 aromatic carbocycles. The monoisotopic (exact) mass is 264 g/mol. The van der Waals surface area contributed by atoms with Crippen molar-refractivity contribution in [1.29, 1.82) is 0 Å². The van der Waals surface area contributed by atoms with Crippen molar-refractivity contribution < 1.29 is 9.53 Å². The van der Waals surface area contributed by atoms with Crippen molar-refractivity contribution >= 4 is 23.4 Å². The molecule has 0 saturated heterocycles. The second-order valence-corrected chi connectivity index (χ2v) is 4.34. The van der Waals surface area contributed by atoms with Crippen LogP contribution < -0.4 is 5.73 Å². The maximum absolute atomic E-state index is 11.7. The zero-order chi connectivity index (χ0) is 13.0. The van der Waals surface area contributed by atoms with Crippen LogP contribution in [0, 0.1) is 0 Å². The Labute approximate surface area is 108 Å². The number of aromatic amines is 1. The number of hydrogen-bond donors (Lipinski definition) is 2. The van der Waals surface area contributed by atoms with Gasteiger partial charge in [0.05, 0.1) is 24.1 Å². The number of hydrogen-bond acceptors (Lipinski definition) is 6. The van der Waals surface area contributed by atoms with Crippen molar-refractivity contribution in [3.63, 3.8) is 0 Å². The van der Waals surface area contributed by atoms with Gasteiger partial charge in [-0.1, -0.05) is 0 Å². The van der Waals surface area contributed by atoms with Crippen molar-refractivity contribution in [2.45, 2.75) is 17.1 Å². The Hall–Kier alpha value is -2.02. The molecular formula is C11H12N4O2S. The number of aromatic nitrogens is 3. The topological polar surface area (TPSA) is 93.9 Å². The summed E-state index contributed by atoms with van der Waals surface area (Å²) in [6.45, 7) is 2.05. The SMILES string of the molecule is CCOC(=O)c1cc(Sc2ncc[nH]2)ncc1N. The third-order valence-electron chi connectivity index (χ3n) is 2.08. The standard InChI is InChI=1S/C11H12N4O2S/c1-2-17-10(16)7-5-9(15-6-8(7)12)18-11-13-3-4-14-11/h3-6H,2,12H2,1H3,(H,13,14). The Morgan fingerprint density at radius 2 is 2.39 bits per heavy atom. The van der Waals surface area contributed by atoms with Gasteiger partial charge < -0.3 is 15.5 Å². The lowest BCUT2D eigenvalue weighted by molar-refractivity contribution is 0.0527. The maximum Gasteiger partial charge on any atom is 0.340 e. The Kier molecular flexibility index (Phi) is 3.83. The number of esters is 1. The second kappa shape index (κ2) is 5.54. The van der Waals surface area contributed by atoms with Crippen LogP contribution >= 0.6 is 11.8 Å². The van der Waals surface area contributed by atoms with Gasteiger partial charge in [0.2, 0.25) is 0 Å². The van der Waals surface area contributed by atoms with E-state index < -0.39 is 5.97 Å². The van der Waals surface area contributed by atoms with E-state index in [0.29, 0.717) is 28.0 Å². The molecule has 0 unspecified atom stereocenters. The Bertz CT molecular complexity index is 542. The summed E-state index contributed by atoms with van der Waals surface area (Å²) in [5, 5.41) is 1.32. The summed E-state index contributed by atoms with van der Waals surface area (Å²) < 4.78 is 4.92. The van der Waals surface area contributed by atoms with E-state index in [1.165, 1.54) is 18.0 Å². The fraction of sp³-hybridized carbons (Fsp3) is 0.182. The van der Waals surface area contributed by atoms with E-state index in [-0.39, 0.29) is 0 Å². The molecule has 0 aliphatic rings. The Morgan fingerprint density at radius 1 is 1.56 bits per heavy atom. The van der Waals surface area contributed by atoms with E-state index in [2.05, 4.69) is 15.0 Å². The number of carbonyl (C=O) groups excluding carboxylic acids is 1. The highest BCUT2D eigenvalue weighted by atomic mass is 32.2. The van der Waals surface area contributed by atoms with Crippen LogP contribution in [-0.4, -0.2) is 27.5 Å². The average molecular weight is 264 g/mol. The van der Waals surface area contributed by atoms with E-state index in [4.69, 9.17) is 10.5 Å². The number of nitrogens with two attached hydrogens (primary N) is 1. The maximum atomic E-state index is 11.7. The van der Waals surface area contributed by atoms with Gasteiger partial charge in [0.15, 0.2) is 5.16 Å². The minimum absolute atomic E-state index is 0.303. The van der Waals surface area contributed by atoms with E-state index in [1.54, 1.807) is 25.4 Å². The number of imidazole rings is 1. The first-order chi connectivity index (χ1) is 8.70. The predicted octanol–water partition coefficient (Wildman–Crippen LogP) is 1.71. The fourth-order valence-corrected chi connectivity index (χ4v) is 2.01. The zero-order valence-corrected chi connectivity index (χ0v) is 10.5. The molecule has 3 N–H and O–H groups in total. The van der Waals surface area contributed by atoms with Gasteiger partial charge in [0.1, 0.15) is 5.03 Å². The highest BCUT2D eigenvalue weighted by Crippen LogP contribution is 2.25. The van der Waals surface area contributed by atoms with Crippen LogP contribution in [0.2, 0.25) is 0 Å². The molecule has 0 amide bonds. The molecule has 2 heterocycles. The van der Waals surface area contributed by atoms with Crippen LogP contribution in [-0.2, 0) is 4.74 Å². The van der Waals surface area contributed by atoms with Gasteiger partial charge in [-0.15, -0.1) is 0 Å². The molecule has 0 bridgehead atoms. The van der Waals surface area contributed by atoms with Crippen molar-refractivity contribution in [1.82, 2.24) is 15.0 Å². The molecule has 0 spiro atoms. The summed E-state index contributed by atoms with van der Waals surface area (Å²) in [5.74, 6) is -0.446. The molecule has 2 aromatic heterocycles. The smallest absolute Gasteiger partial charge is 0.340 e. The summed E-state index contributed by atoms with van der Waals surface area (Å²) in [5.41, 5.74) is 6.32. The van der Waals surface area contributed by atoms with E-state index in [0.717, 1.165) is 0 Å².